The summed E-state index contributed by atoms with van der Waals surface area (Å²) in [5.74, 6) is -1.27. The second-order valence-corrected chi connectivity index (χ2v) is 5.07. The number of carboxylic acid groups (broad SMARTS) is 1. The van der Waals surface area contributed by atoms with Crippen molar-refractivity contribution in [1.82, 2.24) is 4.90 Å². The fourth-order valence-corrected chi connectivity index (χ4v) is 2.68. The normalized spacial score (nSPS) is 14.7. The molecule has 1 N–H and O–H groups in total. The zero-order valence-electron chi connectivity index (χ0n) is 11.4. The van der Waals surface area contributed by atoms with Crippen LogP contribution in [0.5, 0.6) is 0 Å². The van der Waals surface area contributed by atoms with Gasteiger partial charge in [-0.2, -0.15) is 0 Å². The fourth-order valence-electron chi connectivity index (χ4n) is 2.68. The smallest absolute Gasteiger partial charge is 0.372 e. The summed E-state index contributed by atoms with van der Waals surface area (Å²) in [5, 5.41) is 9.07. The Morgan fingerprint density at radius 1 is 1.29 bits per heavy atom. The average Bonchev–Trinajstić information content (AvgIpc) is 2.88. The molecule has 0 atom stereocenters. The van der Waals surface area contributed by atoms with E-state index in [-0.39, 0.29) is 18.2 Å². The lowest BCUT2D eigenvalue weighted by molar-refractivity contribution is 0.0650. The van der Waals surface area contributed by atoms with E-state index in [1.807, 2.05) is 24.3 Å². The van der Waals surface area contributed by atoms with Gasteiger partial charge in [-0.15, -0.1) is 0 Å². The Hall–Kier alpha value is -2.56. The summed E-state index contributed by atoms with van der Waals surface area (Å²) >= 11 is 0. The molecular weight excluding hydrogens is 270 g/mol. The van der Waals surface area contributed by atoms with Crippen LogP contribution in [0.15, 0.2) is 41.0 Å². The molecule has 0 saturated heterocycles. The van der Waals surface area contributed by atoms with Crippen LogP contribution < -0.4 is 0 Å². The van der Waals surface area contributed by atoms with E-state index in [2.05, 4.69) is 0 Å². The second-order valence-electron chi connectivity index (χ2n) is 5.07. The van der Waals surface area contributed by atoms with E-state index in [1.54, 1.807) is 11.0 Å². The molecule has 3 rings (SSSR count). The van der Waals surface area contributed by atoms with Crippen LogP contribution in [0.1, 0.15) is 38.5 Å². The average molecular weight is 285 g/mol. The van der Waals surface area contributed by atoms with Gasteiger partial charge < -0.3 is 14.4 Å². The minimum atomic E-state index is -1.11. The highest BCUT2D eigenvalue weighted by Crippen LogP contribution is 2.21. The van der Waals surface area contributed by atoms with E-state index in [1.165, 1.54) is 6.26 Å². The number of furan rings is 1. The number of fused-ring (bicyclic) bond motifs is 1. The van der Waals surface area contributed by atoms with E-state index in [0.717, 1.165) is 18.4 Å². The Bertz CT molecular complexity index is 689. The molecule has 5 heteroatoms. The van der Waals surface area contributed by atoms with Crippen molar-refractivity contribution in [3.63, 3.8) is 0 Å². The van der Waals surface area contributed by atoms with E-state index < -0.39 is 5.97 Å². The standard InChI is InChI=1S/C16H15NO4/c18-15-13-6-2-1-4-11(13)5-3-8-17(15)10-12-7-9-21-14(12)16(19)20/h1-2,4,6-7,9H,3,5,8,10H2,(H,19,20). The molecule has 0 saturated carbocycles. The molecule has 2 heterocycles. The zero-order chi connectivity index (χ0) is 14.8. The van der Waals surface area contributed by atoms with Gasteiger partial charge >= 0.3 is 5.97 Å². The molecule has 108 valence electrons. The van der Waals surface area contributed by atoms with Gasteiger partial charge in [-0.3, -0.25) is 4.79 Å². The number of rotatable bonds is 3. The van der Waals surface area contributed by atoms with Gasteiger partial charge in [0.25, 0.3) is 5.91 Å². The first-order valence-corrected chi connectivity index (χ1v) is 6.83. The number of hydrogen-bond donors (Lipinski definition) is 1. The lowest BCUT2D eigenvalue weighted by atomic mass is 10.0. The SMILES string of the molecule is O=C(O)c1occc1CN1CCCc2ccccc2C1=O. The number of aryl methyl sites for hydroxylation is 1. The maximum Gasteiger partial charge on any atom is 0.372 e. The Morgan fingerprint density at radius 3 is 2.90 bits per heavy atom. The van der Waals surface area contributed by atoms with Gasteiger partial charge in [-0.05, 0) is 30.5 Å². The third-order valence-electron chi connectivity index (χ3n) is 3.71. The zero-order valence-corrected chi connectivity index (χ0v) is 11.4. The first kappa shape index (κ1) is 13.4. The fraction of sp³-hybridized carbons (Fsp3) is 0.250. The summed E-state index contributed by atoms with van der Waals surface area (Å²) in [5.41, 5.74) is 2.28. The Balaban J connectivity index is 1.88. The maximum atomic E-state index is 12.6. The number of carbonyl (C=O) groups is 2. The Kier molecular flexibility index (Phi) is 3.48. The van der Waals surface area contributed by atoms with Crippen molar-refractivity contribution >= 4 is 11.9 Å². The largest absolute Gasteiger partial charge is 0.475 e. The number of carboxylic acids is 1. The van der Waals surface area contributed by atoms with Crippen LogP contribution in [0, 0.1) is 0 Å². The summed E-state index contributed by atoms with van der Waals surface area (Å²) in [4.78, 5) is 25.4. The molecule has 0 fully saturated rings. The van der Waals surface area contributed by atoms with Crippen molar-refractivity contribution in [3.05, 3.63) is 59.0 Å². The lowest BCUT2D eigenvalue weighted by Gasteiger charge is -2.20. The van der Waals surface area contributed by atoms with Crippen molar-refractivity contribution in [2.45, 2.75) is 19.4 Å². The predicted molar refractivity (Wildman–Crippen MR) is 75.2 cm³/mol. The monoisotopic (exact) mass is 285 g/mol. The third kappa shape index (κ3) is 2.54. The van der Waals surface area contributed by atoms with Crippen molar-refractivity contribution in [1.29, 1.82) is 0 Å². The van der Waals surface area contributed by atoms with Crippen LogP contribution >= 0.6 is 0 Å². The highest BCUT2D eigenvalue weighted by Gasteiger charge is 2.24. The second kappa shape index (κ2) is 5.44. The predicted octanol–water partition coefficient (Wildman–Crippen LogP) is 2.57. The lowest BCUT2D eigenvalue weighted by Crippen LogP contribution is -2.30. The molecule has 1 aromatic heterocycles. The number of carbonyl (C=O) groups excluding carboxylic acids is 1. The first-order chi connectivity index (χ1) is 10.2. The van der Waals surface area contributed by atoms with Crippen LogP contribution in [-0.4, -0.2) is 28.4 Å². The first-order valence-electron chi connectivity index (χ1n) is 6.83. The number of aromatic carboxylic acids is 1. The number of nitrogens with zero attached hydrogens (tertiary/aromatic N) is 1. The van der Waals surface area contributed by atoms with Gasteiger partial charge in [0.1, 0.15) is 0 Å². The van der Waals surface area contributed by atoms with Gasteiger partial charge in [0, 0.05) is 17.7 Å². The molecule has 0 bridgehead atoms. The van der Waals surface area contributed by atoms with E-state index in [4.69, 9.17) is 9.52 Å². The molecule has 0 aliphatic carbocycles. The minimum absolute atomic E-state index is 0.0550. The van der Waals surface area contributed by atoms with Gasteiger partial charge in [0.2, 0.25) is 5.76 Å². The van der Waals surface area contributed by atoms with Crippen LogP contribution in [0.25, 0.3) is 0 Å². The van der Waals surface area contributed by atoms with Crippen molar-refractivity contribution in [2.75, 3.05) is 6.54 Å². The quantitative estimate of drug-likeness (QED) is 0.940. The van der Waals surface area contributed by atoms with Gasteiger partial charge in [-0.1, -0.05) is 18.2 Å². The van der Waals surface area contributed by atoms with E-state index >= 15 is 0 Å². The van der Waals surface area contributed by atoms with Crippen LogP contribution in [0.3, 0.4) is 0 Å². The number of amides is 1. The van der Waals surface area contributed by atoms with Crippen molar-refractivity contribution in [3.8, 4) is 0 Å². The number of hydrogen-bond acceptors (Lipinski definition) is 3. The topological polar surface area (TPSA) is 70.8 Å². The maximum absolute atomic E-state index is 12.6. The highest BCUT2D eigenvalue weighted by atomic mass is 16.4. The van der Waals surface area contributed by atoms with Crippen molar-refractivity contribution < 1.29 is 19.1 Å². The van der Waals surface area contributed by atoms with Crippen molar-refractivity contribution in [2.24, 2.45) is 0 Å². The third-order valence-corrected chi connectivity index (χ3v) is 3.71. The molecule has 0 spiro atoms. The molecule has 1 amide bonds. The van der Waals surface area contributed by atoms with E-state index in [9.17, 15) is 9.59 Å². The molecule has 2 aromatic rings. The summed E-state index contributed by atoms with van der Waals surface area (Å²) in [6.45, 7) is 0.864. The Morgan fingerprint density at radius 2 is 2.10 bits per heavy atom. The van der Waals surface area contributed by atoms with Gasteiger partial charge in [-0.25, -0.2) is 4.79 Å². The van der Waals surface area contributed by atoms with Crippen LogP contribution in [0.4, 0.5) is 0 Å². The highest BCUT2D eigenvalue weighted by molar-refractivity contribution is 5.96. The molecule has 0 unspecified atom stereocenters. The number of benzene rings is 1. The summed E-state index contributed by atoms with van der Waals surface area (Å²) in [6.07, 6.45) is 3.06. The molecule has 0 radical (unpaired) electrons. The molecular formula is C16H15NO4. The minimum Gasteiger partial charge on any atom is -0.475 e. The van der Waals surface area contributed by atoms with Crippen LogP contribution in [0.2, 0.25) is 0 Å². The van der Waals surface area contributed by atoms with Gasteiger partial charge in [0.15, 0.2) is 0 Å². The van der Waals surface area contributed by atoms with E-state index in [0.29, 0.717) is 17.7 Å². The molecule has 5 nitrogen and oxygen atoms in total. The van der Waals surface area contributed by atoms with Gasteiger partial charge in [0.05, 0.1) is 12.8 Å². The summed E-state index contributed by atoms with van der Waals surface area (Å²) in [7, 11) is 0. The summed E-state index contributed by atoms with van der Waals surface area (Å²) < 4.78 is 4.97. The Labute approximate surface area is 121 Å². The molecule has 1 aromatic carbocycles. The van der Waals surface area contributed by atoms with Crippen LogP contribution in [-0.2, 0) is 13.0 Å². The molecule has 1 aliphatic heterocycles. The summed E-state index contributed by atoms with van der Waals surface area (Å²) in [6, 6.07) is 9.18. The molecule has 1 aliphatic rings. The molecule has 21 heavy (non-hydrogen) atoms.